The number of carbonyl (C=O) groups excluding carboxylic acids is 3. The van der Waals surface area contributed by atoms with Gasteiger partial charge in [-0.2, -0.15) is 0 Å². The Labute approximate surface area is 113 Å². The SMILES string of the molecule is COC(=O)c1cnc(N2CC(C(=O)OC)CC2=O)s1. The van der Waals surface area contributed by atoms with Gasteiger partial charge in [-0.1, -0.05) is 11.3 Å². The third-order valence-electron chi connectivity index (χ3n) is 2.77. The minimum absolute atomic E-state index is 0.0970. The Morgan fingerprint density at radius 3 is 2.79 bits per heavy atom. The quantitative estimate of drug-likeness (QED) is 0.749. The Morgan fingerprint density at radius 2 is 2.16 bits per heavy atom. The van der Waals surface area contributed by atoms with Crippen LogP contribution in [-0.4, -0.2) is 43.6 Å². The minimum atomic E-state index is -0.500. The van der Waals surface area contributed by atoms with Crippen LogP contribution in [-0.2, 0) is 19.1 Å². The molecule has 1 aliphatic rings. The molecule has 1 aromatic rings. The zero-order valence-corrected chi connectivity index (χ0v) is 11.2. The summed E-state index contributed by atoms with van der Waals surface area (Å²) < 4.78 is 9.19. The van der Waals surface area contributed by atoms with E-state index in [0.717, 1.165) is 11.3 Å². The van der Waals surface area contributed by atoms with Crippen molar-refractivity contribution in [1.29, 1.82) is 0 Å². The summed E-state index contributed by atoms with van der Waals surface area (Å²) in [5.41, 5.74) is 0. The predicted molar refractivity (Wildman–Crippen MR) is 65.9 cm³/mol. The van der Waals surface area contributed by atoms with Gasteiger partial charge in [-0.05, 0) is 0 Å². The average molecular weight is 284 g/mol. The molecule has 8 heteroatoms. The molecule has 1 aromatic heterocycles. The van der Waals surface area contributed by atoms with Gasteiger partial charge in [0.05, 0.1) is 26.3 Å². The Bertz CT molecular complexity index is 527. The summed E-state index contributed by atoms with van der Waals surface area (Å²) in [7, 11) is 2.56. The number of methoxy groups -OCH3 is 2. The Morgan fingerprint density at radius 1 is 1.42 bits per heavy atom. The third-order valence-corrected chi connectivity index (χ3v) is 3.77. The topological polar surface area (TPSA) is 85.8 Å². The van der Waals surface area contributed by atoms with Crippen molar-refractivity contribution in [2.45, 2.75) is 6.42 Å². The zero-order chi connectivity index (χ0) is 14.0. The van der Waals surface area contributed by atoms with Crippen LogP contribution < -0.4 is 4.90 Å². The van der Waals surface area contributed by atoms with Gasteiger partial charge < -0.3 is 9.47 Å². The molecule has 1 fully saturated rings. The molecule has 7 nitrogen and oxygen atoms in total. The van der Waals surface area contributed by atoms with Crippen molar-refractivity contribution in [2.75, 3.05) is 25.7 Å². The first-order valence-electron chi connectivity index (χ1n) is 5.49. The summed E-state index contributed by atoms with van der Waals surface area (Å²) in [5.74, 6) is -1.61. The van der Waals surface area contributed by atoms with Gasteiger partial charge in [-0.25, -0.2) is 9.78 Å². The summed E-state index contributed by atoms with van der Waals surface area (Å²) in [6.45, 7) is 0.222. The number of rotatable bonds is 3. The Hall–Kier alpha value is -1.96. The van der Waals surface area contributed by atoms with Gasteiger partial charge in [-0.15, -0.1) is 0 Å². The molecular weight excluding hydrogens is 272 g/mol. The molecule has 0 aromatic carbocycles. The number of thiazole rings is 1. The lowest BCUT2D eigenvalue weighted by Gasteiger charge is -2.11. The van der Waals surface area contributed by atoms with Crippen LogP contribution >= 0.6 is 11.3 Å². The van der Waals surface area contributed by atoms with Gasteiger partial charge in [0.1, 0.15) is 4.88 Å². The second kappa shape index (κ2) is 5.35. The first-order chi connectivity index (χ1) is 9.06. The molecule has 1 saturated heterocycles. The van der Waals surface area contributed by atoms with Crippen LogP contribution in [0.4, 0.5) is 5.13 Å². The van der Waals surface area contributed by atoms with Crippen LogP contribution in [0.5, 0.6) is 0 Å². The number of anilines is 1. The minimum Gasteiger partial charge on any atom is -0.469 e. The van der Waals surface area contributed by atoms with Crippen molar-refractivity contribution in [2.24, 2.45) is 5.92 Å². The highest BCUT2D eigenvalue weighted by atomic mass is 32.1. The largest absolute Gasteiger partial charge is 0.469 e. The Balaban J connectivity index is 2.14. The normalized spacial score (nSPS) is 18.5. The Kier molecular flexibility index (Phi) is 3.79. The van der Waals surface area contributed by atoms with E-state index in [1.54, 1.807) is 0 Å². The van der Waals surface area contributed by atoms with Crippen LogP contribution in [0.2, 0.25) is 0 Å². The van der Waals surface area contributed by atoms with Crippen LogP contribution in [0.15, 0.2) is 6.20 Å². The van der Waals surface area contributed by atoms with E-state index in [-0.39, 0.29) is 18.9 Å². The molecule has 0 spiro atoms. The van der Waals surface area contributed by atoms with Crippen molar-refractivity contribution in [3.05, 3.63) is 11.1 Å². The van der Waals surface area contributed by atoms with Gasteiger partial charge in [0.15, 0.2) is 5.13 Å². The van der Waals surface area contributed by atoms with Crippen molar-refractivity contribution in [3.8, 4) is 0 Å². The molecule has 0 aliphatic carbocycles. The molecule has 1 unspecified atom stereocenters. The number of aromatic nitrogens is 1. The van der Waals surface area contributed by atoms with E-state index in [1.807, 2.05) is 0 Å². The molecule has 0 saturated carbocycles. The van der Waals surface area contributed by atoms with E-state index >= 15 is 0 Å². The monoisotopic (exact) mass is 284 g/mol. The lowest BCUT2D eigenvalue weighted by atomic mass is 10.1. The van der Waals surface area contributed by atoms with Gasteiger partial charge in [0.25, 0.3) is 0 Å². The molecule has 0 bridgehead atoms. The van der Waals surface area contributed by atoms with E-state index in [4.69, 9.17) is 0 Å². The summed E-state index contributed by atoms with van der Waals surface area (Å²) in [6, 6.07) is 0. The van der Waals surface area contributed by atoms with Crippen molar-refractivity contribution in [3.63, 3.8) is 0 Å². The van der Waals surface area contributed by atoms with Crippen LogP contribution in [0.25, 0.3) is 0 Å². The number of esters is 2. The lowest BCUT2D eigenvalue weighted by molar-refractivity contribution is -0.145. The van der Waals surface area contributed by atoms with Crippen molar-refractivity contribution >= 4 is 34.3 Å². The molecule has 2 heterocycles. The van der Waals surface area contributed by atoms with Gasteiger partial charge in [-0.3, -0.25) is 14.5 Å². The summed E-state index contributed by atoms with van der Waals surface area (Å²) in [4.78, 5) is 40.2. The second-order valence-electron chi connectivity index (χ2n) is 3.93. The van der Waals surface area contributed by atoms with E-state index in [2.05, 4.69) is 14.5 Å². The first-order valence-corrected chi connectivity index (χ1v) is 6.30. The van der Waals surface area contributed by atoms with Gasteiger partial charge in [0.2, 0.25) is 5.91 Å². The maximum Gasteiger partial charge on any atom is 0.349 e. The zero-order valence-electron chi connectivity index (χ0n) is 10.4. The number of amides is 1. The number of nitrogens with zero attached hydrogens (tertiary/aromatic N) is 2. The van der Waals surface area contributed by atoms with Gasteiger partial charge in [0, 0.05) is 13.0 Å². The third kappa shape index (κ3) is 2.58. The fraction of sp³-hybridized carbons (Fsp3) is 0.455. The number of ether oxygens (including phenoxy) is 2. The standard InChI is InChI=1S/C11H12N2O5S/c1-17-9(15)6-3-8(14)13(5-6)11-12-4-7(19-11)10(16)18-2/h4,6H,3,5H2,1-2H3. The smallest absolute Gasteiger partial charge is 0.349 e. The fourth-order valence-corrected chi connectivity index (χ4v) is 2.66. The van der Waals surface area contributed by atoms with E-state index in [1.165, 1.54) is 25.3 Å². The molecule has 19 heavy (non-hydrogen) atoms. The molecule has 102 valence electrons. The highest BCUT2D eigenvalue weighted by Crippen LogP contribution is 2.29. The number of hydrogen-bond donors (Lipinski definition) is 0. The van der Waals surface area contributed by atoms with Crippen LogP contribution in [0.3, 0.4) is 0 Å². The highest BCUT2D eigenvalue weighted by Gasteiger charge is 2.37. The predicted octanol–water partition coefficient (Wildman–Crippen LogP) is 0.456. The van der Waals surface area contributed by atoms with Crippen molar-refractivity contribution in [1.82, 2.24) is 4.98 Å². The summed E-state index contributed by atoms with van der Waals surface area (Å²) in [6.07, 6.45) is 1.45. The lowest BCUT2D eigenvalue weighted by Crippen LogP contribution is -2.25. The van der Waals surface area contributed by atoms with E-state index in [0.29, 0.717) is 10.0 Å². The van der Waals surface area contributed by atoms with E-state index < -0.39 is 17.9 Å². The molecule has 2 rings (SSSR count). The van der Waals surface area contributed by atoms with Gasteiger partial charge >= 0.3 is 11.9 Å². The summed E-state index contributed by atoms with van der Waals surface area (Å²) in [5, 5.41) is 0.386. The number of hydrogen-bond acceptors (Lipinski definition) is 7. The molecule has 0 N–H and O–H groups in total. The van der Waals surface area contributed by atoms with Crippen molar-refractivity contribution < 1.29 is 23.9 Å². The second-order valence-corrected chi connectivity index (χ2v) is 4.94. The summed E-state index contributed by atoms with van der Waals surface area (Å²) >= 11 is 1.06. The average Bonchev–Trinajstić information content (AvgIpc) is 3.03. The molecule has 0 radical (unpaired) electrons. The van der Waals surface area contributed by atoms with Crippen LogP contribution in [0.1, 0.15) is 16.1 Å². The molecule has 1 aliphatic heterocycles. The van der Waals surface area contributed by atoms with E-state index in [9.17, 15) is 14.4 Å². The fourth-order valence-electron chi connectivity index (χ4n) is 1.80. The van der Waals surface area contributed by atoms with Crippen LogP contribution in [0, 0.1) is 5.92 Å². The number of carbonyl (C=O) groups is 3. The maximum absolute atomic E-state index is 11.8. The molecule has 1 atom stereocenters. The first kappa shape index (κ1) is 13.5. The highest BCUT2D eigenvalue weighted by molar-refractivity contribution is 7.17. The molecule has 1 amide bonds. The molecular formula is C11H12N2O5S. The maximum atomic E-state index is 11.8.